The minimum Gasteiger partial charge on any atom is -0.392 e. The molecule has 0 fully saturated rings. The Bertz CT molecular complexity index is 364. The summed E-state index contributed by atoms with van der Waals surface area (Å²) in [7, 11) is -2.89. The van der Waals surface area contributed by atoms with Crippen molar-refractivity contribution in [3.8, 4) is 0 Å². The zero-order valence-electron chi connectivity index (χ0n) is 11.0. The second-order valence-electron chi connectivity index (χ2n) is 3.11. The number of esters is 2. The minimum atomic E-state index is -3.62. The van der Waals surface area contributed by atoms with E-state index in [-0.39, 0.29) is 0 Å². The maximum absolute atomic E-state index is 11.6. The molecule has 0 saturated carbocycles. The molecule has 0 heterocycles. The van der Waals surface area contributed by atoms with E-state index in [2.05, 4.69) is 22.8 Å². The highest BCUT2D eigenvalue weighted by Crippen LogP contribution is 2.47. The van der Waals surface area contributed by atoms with Crippen LogP contribution in [-0.4, -0.2) is 52.7 Å². The van der Waals surface area contributed by atoms with Gasteiger partial charge in [0.1, 0.15) is 12.3 Å². The first-order chi connectivity index (χ1) is 8.74. The molecule has 0 aliphatic rings. The summed E-state index contributed by atoms with van der Waals surface area (Å²) in [5.41, 5.74) is 0. The van der Waals surface area contributed by atoms with E-state index < -0.39 is 39.5 Å². The van der Waals surface area contributed by atoms with Crippen LogP contribution in [-0.2, 0) is 41.6 Å². The monoisotopic (exact) mass is 318 g/mol. The van der Waals surface area contributed by atoms with Gasteiger partial charge in [0.05, 0.1) is 0 Å². The lowest BCUT2D eigenvalue weighted by molar-refractivity contribution is -0.156. The van der Waals surface area contributed by atoms with Gasteiger partial charge in [-0.05, 0) is 0 Å². The molecule has 9 nitrogen and oxygen atoms in total. The lowest BCUT2D eigenvalue weighted by atomic mass is 10.7. The fourth-order valence-corrected chi connectivity index (χ4v) is 2.49. The van der Waals surface area contributed by atoms with Crippen molar-refractivity contribution < 1.29 is 41.6 Å². The van der Waals surface area contributed by atoms with Gasteiger partial charge in [-0.15, -0.1) is 0 Å². The Morgan fingerprint density at radius 1 is 0.737 bits per heavy atom. The Balaban J connectivity index is 4.47. The molecule has 0 aromatic carbocycles. The molecule has 0 saturated heterocycles. The number of hydrogen-bond donors (Lipinski definition) is 0. The predicted molar refractivity (Wildman–Crippen MR) is 64.1 cm³/mol. The molecular formula is C8H16O9P2. The molecule has 0 radical (unpaired) electrons. The molecule has 0 aliphatic heterocycles. The number of ether oxygens (including phenoxy) is 1. The van der Waals surface area contributed by atoms with Gasteiger partial charge in [0.15, 0.2) is 0 Å². The van der Waals surface area contributed by atoms with Crippen molar-refractivity contribution in [2.45, 2.75) is 0 Å². The maximum Gasteiger partial charge on any atom is 0.341 e. The molecule has 0 aromatic heterocycles. The summed E-state index contributed by atoms with van der Waals surface area (Å²) in [6.07, 6.45) is -1.48. The van der Waals surface area contributed by atoms with E-state index in [1.54, 1.807) is 0 Å². The summed E-state index contributed by atoms with van der Waals surface area (Å²) >= 11 is 0. The van der Waals surface area contributed by atoms with Crippen LogP contribution < -0.4 is 0 Å². The maximum atomic E-state index is 11.6. The zero-order valence-corrected chi connectivity index (χ0v) is 12.8. The Morgan fingerprint density at radius 3 is 1.21 bits per heavy atom. The summed E-state index contributed by atoms with van der Waals surface area (Å²) in [4.78, 5) is 22.6. The molecular weight excluding hydrogens is 302 g/mol. The van der Waals surface area contributed by atoms with Gasteiger partial charge in [0.2, 0.25) is 0 Å². The summed E-state index contributed by atoms with van der Waals surface area (Å²) in [6.45, 7) is 0. The molecule has 0 aliphatic carbocycles. The van der Waals surface area contributed by atoms with Crippen LogP contribution >= 0.6 is 15.2 Å². The number of hydrogen-bond acceptors (Lipinski definition) is 9. The molecule has 0 spiro atoms. The zero-order chi connectivity index (χ0) is 15.1. The van der Waals surface area contributed by atoms with Crippen molar-refractivity contribution in [2.24, 2.45) is 0 Å². The van der Waals surface area contributed by atoms with E-state index in [1.807, 2.05) is 0 Å². The van der Waals surface area contributed by atoms with Crippen LogP contribution in [0, 0.1) is 0 Å². The standard InChI is InChI=1S/C8H16O9P2/c1-13-18(11,14-2)5-7(9)17-8(10)6-19(12,15-3)16-4/h5-6H2,1-4H3. The minimum absolute atomic E-state index is 0.740. The molecule has 0 bridgehead atoms. The molecule has 0 amide bonds. The smallest absolute Gasteiger partial charge is 0.341 e. The normalized spacial score (nSPS) is 12.2. The second kappa shape index (κ2) is 7.89. The first-order valence-electron chi connectivity index (χ1n) is 4.88. The van der Waals surface area contributed by atoms with Crippen LogP contribution in [0.3, 0.4) is 0 Å². The molecule has 0 N–H and O–H groups in total. The Labute approximate surface area is 110 Å². The van der Waals surface area contributed by atoms with Crippen molar-refractivity contribution in [3.63, 3.8) is 0 Å². The number of carbonyl (C=O) groups is 2. The SMILES string of the molecule is COP(=O)(CC(=O)OC(=O)CP(=O)(OC)OC)OC. The summed E-state index contributed by atoms with van der Waals surface area (Å²) in [5, 5.41) is 0. The van der Waals surface area contributed by atoms with Crippen LogP contribution in [0.5, 0.6) is 0 Å². The van der Waals surface area contributed by atoms with Gasteiger partial charge in [-0.3, -0.25) is 18.7 Å². The molecule has 0 rings (SSSR count). The third kappa shape index (κ3) is 6.42. The lowest BCUT2D eigenvalue weighted by Crippen LogP contribution is -2.20. The van der Waals surface area contributed by atoms with E-state index in [0.717, 1.165) is 28.4 Å². The Hall–Kier alpha value is -0.560. The fraction of sp³-hybridized carbons (Fsp3) is 0.750. The van der Waals surface area contributed by atoms with Gasteiger partial charge in [-0.25, -0.2) is 0 Å². The van der Waals surface area contributed by atoms with Gasteiger partial charge in [-0.1, -0.05) is 0 Å². The molecule has 0 atom stereocenters. The Kier molecular flexibility index (Phi) is 7.66. The van der Waals surface area contributed by atoms with Crippen LogP contribution in [0.2, 0.25) is 0 Å². The van der Waals surface area contributed by atoms with E-state index in [9.17, 15) is 18.7 Å². The van der Waals surface area contributed by atoms with Crippen LogP contribution in [0.1, 0.15) is 0 Å². The van der Waals surface area contributed by atoms with E-state index in [1.165, 1.54) is 0 Å². The van der Waals surface area contributed by atoms with Gasteiger partial charge in [0.25, 0.3) is 0 Å². The van der Waals surface area contributed by atoms with E-state index in [4.69, 9.17) is 0 Å². The van der Waals surface area contributed by atoms with Crippen LogP contribution in [0.15, 0.2) is 0 Å². The highest BCUT2D eigenvalue weighted by molar-refractivity contribution is 7.55. The summed E-state index contributed by atoms with van der Waals surface area (Å²) < 4.78 is 45.5. The van der Waals surface area contributed by atoms with Crippen molar-refractivity contribution in [2.75, 3.05) is 40.8 Å². The topological polar surface area (TPSA) is 114 Å². The third-order valence-corrected chi connectivity index (χ3v) is 5.50. The third-order valence-electron chi connectivity index (χ3n) is 1.99. The van der Waals surface area contributed by atoms with Crippen molar-refractivity contribution in [3.05, 3.63) is 0 Å². The average Bonchev–Trinajstić information content (AvgIpc) is 2.37. The van der Waals surface area contributed by atoms with Crippen molar-refractivity contribution >= 4 is 27.1 Å². The molecule has 0 aromatic rings. The van der Waals surface area contributed by atoms with Crippen LogP contribution in [0.25, 0.3) is 0 Å². The summed E-state index contributed by atoms with van der Waals surface area (Å²) in [5.74, 6) is -2.26. The predicted octanol–water partition coefficient (Wildman–Crippen LogP) is 1.03. The lowest BCUT2D eigenvalue weighted by Gasteiger charge is -2.14. The first kappa shape index (κ1) is 18.4. The highest BCUT2D eigenvalue weighted by atomic mass is 31.2. The van der Waals surface area contributed by atoms with Gasteiger partial charge >= 0.3 is 27.1 Å². The largest absolute Gasteiger partial charge is 0.392 e. The molecule has 0 unspecified atom stereocenters. The first-order valence-corrected chi connectivity index (χ1v) is 8.34. The summed E-state index contributed by atoms with van der Waals surface area (Å²) in [6, 6.07) is 0. The quantitative estimate of drug-likeness (QED) is 0.367. The van der Waals surface area contributed by atoms with Crippen molar-refractivity contribution in [1.29, 1.82) is 0 Å². The fourth-order valence-electron chi connectivity index (χ4n) is 0.915. The molecule has 19 heavy (non-hydrogen) atoms. The molecule has 11 heteroatoms. The average molecular weight is 318 g/mol. The van der Waals surface area contributed by atoms with Crippen molar-refractivity contribution in [1.82, 2.24) is 0 Å². The van der Waals surface area contributed by atoms with E-state index in [0.29, 0.717) is 0 Å². The number of rotatable bonds is 8. The van der Waals surface area contributed by atoms with Gasteiger partial charge < -0.3 is 22.8 Å². The second-order valence-corrected chi connectivity index (χ2v) is 7.65. The van der Waals surface area contributed by atoms with Gasteiger partial charge in [-0.2, -0.15) is 0 Å². The highest BCUT2D eigenvalue weighted by Gasteiger charge is 2.31. The Morgan fingerprint density at radius 2 is 1.00 bits per heavy atom. The van der Waals surface area contributed by atoms with E-state index >= 15 is 0 Å². The number of carbonyl (C=O) groups excluding carboxylic acids is 2. The van der Waals surface area contributed by atoms with Crippen LogP contribution in [0.4, 0.5) is 0 Å². The molecule has 112 valence electrons. The van der Waals surface area contributed by atoms with Gasteiger partial charge in [0, 0.05) is 28.4 Å².